The van der Waals surface area contributed by atoms with Crippen molar-refractivity contribution < 1.29 is 47.0 Å². The van der Waals surface area contributed by atoms with Gasteiger partial charge in [-0.05, 0) is 142 Å². The molecule has 5 aliphatic heterocycles. The number of carbonyl (C=O) groups is 6. The van der Waals surface area contributed by atoms with E-state index in [9.17, 15) is 37.5 Å². The number of hydrogen-bond acceptors (Lipinski definition) is 13. The van der Waals surface area contributed by atoms with Crippen molar-refractivity contribution in [1.82, 2.24) is 9.97 Å². The van der Waals surface area contributed by atoms with Gasteiger partial charge in [0.25, 0.3) is 6.43 Å². The lowest BCUT2D eigenvalue weighted by atomic mass is 9.99. The number of H-pyrrole nitrogens is 1. The Hall–Kier alpha value is -14.2. The summed E-state index contributed by atoms with van der Waals surface area (Å²) in [7, 11) is 0. The van der Waals surface area contributed by atoms with Crippen molar-refractivity contribution in [2.75, 3.05) is 47.9 Å². The first-order valence-corrected chi connectivity index (χ1v) is 39.0. The van der Waals surface area contributed by atoms with E-state index in [0.717, 1.165) is 112 Å². The number of pyridine rings is 1. The van der Waals surface area contributed by atoms with Crippen LogP contribution >= 0.6 is 0 Å². The van der Waals surface area contributed by atoms with E-state index in [2.05, 4.69) is 119 Å². The van der Waals surface area contributed by atoms with E-state index in [4.69, 9.17) is 9.47 Å². The average molecular weight is 1560 g/mol. The Morgan fingerprint density at radius 3 is 1.59 bits per heavy atom. The highest BCUT2D eigenvalue weighted by atomic mass is 19.3. The Balaban J connectivity index is 0.000000121. The Labute approximate surface area is 677 Å². The van der Waals surface area contributed by atoms with Gasteiger partial charge in [0.15, 0.2) is 11.5 Å². The van der Waals surface area contributed by atoms with Crippen LogP contribution in [0.1, 0.15) is 106 Å². The number of rotatable bonds is 11. The maximum absolute atomic E-state index is 13.2. The molecule has 13 aromatic rings. The van der Waals surface area contributed by atoms with Crippen LogP contribution in [-0.4, -0.2) is 75.6 Å². The molecule has 7 heterocycles. The fraction of sp³-hybridized carbons (Fsp3) is 0.177. The van der Waals surface area contributed by atoms with Crippen LogP contribution in [0.5, 0.6) is 17.2 Å². The quantitative estimate of drug-likeness (QED) is 0.0427. The molecule has 18 rings (SSSR count). The van der Waals surface area contributed by atoms with Crippen molar-refractivity contribution in [2.24, 2.45) is 0 Å². The molecule has 0 bridgehead atoms. The maximum atomic E-state index is 13.2. The minimum absolute atomic E-state index is 0.0131. The lowest BCUT2D eigenvalue weighted by molar-refractivity contribution is -0.117. The van der Waals surface area contributed by atoms with Gasteiger partial charge in [-0.1, -0.05) is 182 Å². The lowest BCUT2D eigenvalue weighted by Crippen LogP contribution is -2.19. The number of Topliss-reactive ketones (excluding diaryl/α,β-unsaturated/α-hetero) is 1. The summed E-state index contributed by atoms with van der Waals surface area (Å²) in [4.78, 5) is 80.5. The zero-order valence-corrected chi connectivity index (χ0v) is 65.2. The number of aromatic nitrogens is 2. The van der Waals surface area contributed by atoms with Gasteiger partial charge in [0.05, 0.1) is 68.8 Å². The van der Waals surface area contributed by atoms with Gasteiger partial charge in [-0.15, -0.1) is 0 Å². The van der Waals surface area contributed by atoms with E-state index in [0.29, 0.717) is 66.0 Å². The highest BCUT2D eigenvalue weighted by Gasteiger charge is 2.28. The number of ether oxygens (including phenoxy) is 2. The van der Waals surface area contributed by atoms with Crippen molar-refractivity contribution in [3.63, 3.8) is 0 Å². The number of alkyl halides is 2. The number of ketones is 1. The van der Waals surface area contributed by atoms with Crippen LogP contribution < -0.4 is 57.3 Å². The summed E-state index contributed by atoms with van der Waals surface area (Å²) in [6, 6.07) is 82.7. The Bertz CT molecular complexity index is 5820. The summed E-state index contributed by atoms with van der Waals surface area (Å²) >= 11 is 0. The van der Waals surface area contributed by atoms with Crippen molar-refractivity contribution >= 4 is 120 Å². The largest absolute Gasteiger partial charge is 0.487 e. The summed E-state index contributed by atoms with van der Waals surface area (Å²) in [6.45, 7) is 9.80. The Morgan fingerprint density at radius 1 is 0.453 bits per heavy atom. The second-order valence-electron chi connectivity index (χ2n) is 29.5. The smallest absolute Gasteiger partial charge is 0.263 e. The number of hydrogen-bond donors (Lipinski definition) is 10. The molecule has 5 aliphatic rings. The lowest BCUT2D eigenvalue weighted by Gasteiger charge is -2.17. The number of anilines is 9. The van der Waals surface area contributed by atoms with Crippen LogP contribution in [0, 0.1) is 0 Å². The Kier molecular flexibility index (Phi) is 24.9. The van der Waals surface area contributed by atoms with Gasteiger partial charge in [0, 0.05) is 118 Å². The zero-order chi connectivity index (χ0) is 81.5. The van der Waals surface area contributed by atoms with Gasteiger partial charge in [-0.2, -0.15) is 0 Å². The average Bonchev–Trinajstić information content (AvgIpc) is 1.78. The molecule has 21 heteroatoms. The molecule has 0 aliphatic carbocycles. The molecule has 590 valence electrons. The monoisotopic (exact) mass is 1560 g/mol. The normalized spacial score (nSPS) is 17.0. The molecule has 5 amide bonds. The number of fused-ring (bicyclic) bond motifs is 7. The fourth-order valence-electron chi connectivity index (χ4n) is 14.6. The van der Waals surface area contributed by atoms with Crippen LogP contribution in [0.15, 0.2) is 267 Å². The second kappa shape index (κ2) is 36.7. The van der Waals surface area contributed by atoms with Crippen molar-refractivity contribution in [2.45, 2.75) is 110 Å². The van der Waals surface area contributed by atoms with E-state index < -0.39 is 6.43 Å². The molecule has 0 saturated carbocycles. The van der Waals surface area contributed by atoms with Crippen LogP contribution in [0.4, 0.5) is 60.0 Å². The molecule has 10 N–H and O–H groups in total. The third-order valence-corrected chi connectivity index (χ3v) is 20.0. The van der Waals surface area contributed by atoms with Crippen LogP contribution in [0.25, 0.3) is 67.5 Å². The molecule has 5 atom stereocenters. The van der Waals surface area contributed by atoms with E-state index in [1.807, 2.05) is 205 Å². The number of carbonyl (C=O) groups excluding carboxylic acids is 6. The predicted octanol–water partition coefficient (Wildman–Crippen LogP) is 21.5. The number of halogens is 2. The fourth-order valence-corrected chi connectivity index (χ4v) is 14.6. The molecule has 117 heavy (non-hydrogen) atoms. The van der Waals surface area contributed by atoms with E-state index >= 15 is 0 Å². The third kappa shape index (κ3) is 20.1. The maximum Gasteiger partial charge on any atom is 0.263 e. The number of nitrogens with one attached hydrogen (secondary N) is 10. The third-order valence-electron chi connectivity index (χ3n) is 20.0. The molecule has 0 saturated heterocycles. The van der Waals surface area contributed by atoms with Crippen molar-refractivity contribution in [3.05, 3.63) is 295 Å². The van der Waals surface area contributed by atoms with Gasteiger partial charge >= 0.3 is 0 Å². The molecule has 0 spiro atoms. The van der Waals surface area contributed by atoms with E-state index in [1.165, 1.54) is 12.1 Å². The molecule has 19 nitrogen and oxygen atoms in total. The van der Waals surface area contributed by atoms with E-state index in [1.54, 1.807) is 36.4 Å². The topological polar surface area (TPSA) is 258 Å². The van der Waals surface area contributed by atoms with Crippen molar-refractivity contribution in [1.29, 1.82) is 0 Å². The summed E-state index contributed by atoms with van der Waals surface area (Å²) in [5, 5.41) is 30.3. The molecule has 0 radical (unpaired) electrons. The molecule has 2 aromatic heterocycles. The molecular weight excluding hydrogens is 1470 g/mol. The number of para-hydroxylation sites is 9. The predicted molar refractivity (Wildman–Crippen MR) is 466 cm³/mol. The first-order valence-electron chi connectivity index (χ1n) is 39.0. The van der Waals surface area contributed by atoms with Gasteiger partial charge in [0.2, 0.25) is 29.5 Å². The minimum Gasteiger partial charge on any atom is -0.487 e. The highest BCUT2D eigenvalue weighted by molar-refractivity contribution is 6.09. The van der Waals surface area contributed by atoms with Crippen LogP contribution in [0.3, 0.4) is 0 Å². The number of nitrogens with zero attached hydrogens (tertiary/aromatic N) is 1. The van der Waals surface area contributed by atoms with E-state index in [-0.39, 0.29) is 77.6 Å². The summed E-state index contributed by atoms with van der Waals surface area (Å²) in [5.74, 6) is 2.03. The molecule has 0 fully saturated rings. The number of amides is 5. The van der Waals surface area contributed by atoms with Gasteiger partial charge in [-0.25, -0.2) is 8.78 Å². The molecule has 11 aromatic carbocycles. The van der Waals surface area contributed by atoms with Crippen LogP contribution in [-0.2, 0) is 30.4 Å². The van der Waals surface area contributed by atoms with Gasteiger partial charge in [-0.3, -0.25) is 33.8 Å². The Morgan fingerprint density at radius 2 is 0.949 bits per heavy atom. The van der Waals surface area contributed by atoms with Crippen molar-refractivity contribution in [3.8, 4) is 50.8 Å². The summed E-state index contributed by atoms with van der Waals surface area (Å²) in [6.07, 6.45) is 5.61. The SMILES string of the molecule is CC1CC(=O)Nc2cccc(C(=O)Cc3ccccc3Oc3ccccc3)c2N1.C[C@@H]1CC(=O)Nc2cccc(-c3cc4ccccc4[nH]3)c2O1.C[C@@H]1CC(=O)Nc2cccc(-c3cccc(C(F)F)c3)c2N1.C[C@@H]1CC(=O)Nc2cccc(-c3cnc4ccccc4c3)c2N1.C[C@@H]1CC(=O)Nc2cccc(/C=C/c3ccccc3)c2N1. The van der Waals surface area contributed by atoms with Gasteiger partial charge < -0.3 is 62.3 Å². The first-order chi connectivity index (χ1) is 56.8. The standard InChI is InChI=1S/C24H22N2O3.C19H17N3O.C18H16N2O2.C18H18N2O.C17H16F2N2O/c1-16-14-23(28)26-20-12-7-11-19(24(20)25-16)21(27)15-17-8-5-6-13-22(17)29-18-9-3-2-4-10-18;1-12-9-18(23)22-17-8-4-6-15(19(17)21-12)14-10-13-5-2-3-7-16(13)20-11-14;1-11-9-17(21)20-15-8-4-6-13(18(15)22-11)16-10-12-5-2-3-7-14(12)19-16;1-13-12-17(21)20-16-9-5-8-15(18(16)19-13)11-10-14-6-3-2-4-7-14;1-10-8-15(22)21-14-7-3-6-13(16(14)20-10)11-4-2-5-12(9-11)17(18)19/h2-13,16,25H,14-15H2,1H3,(H,26,28);2-8,10-12,21H,9H2,1H3,(H,22,23);2-8,10-11,19H,9H2,1H3,(H,20,21);2-11,13,19H,12H2,1H3,(H,20,21);2-7,9-10,17,20H,8H2,1H3,(H,21,22)/b;;;11-10+;/t;12-;11-;13-;10-/m.1111/s1. The second-order valence-corrected chi connectivity index (χ2v) is 29.5. The molecule has 1 unspecified atom stereocenters. The zero-order valence-electron chi connectivity index (χ0n) is 65.2. The number of benzene rings is 11. The summed E-state index contributed by atoms with van der Waals surface area (Å²) < 4.78 is 37.8. The minimum atomic E-state index is -2.51. The van der Waals surface area contributed by atoms with Crippen LogP contribution in [0.2, 0.25) is 0 Å². The summed E-state index contributed by atoms with van der Waals surface area (Å²) in [5.41, 5.74) is 18.3. The number of aromatic amines is 1. The highest BCUT2D eigenvalue weighted by Crippen LogP contribution is 2.43. The molecular formula is C96H89F2N11O8. The van der Waals surface area contributed by atoms with Gasteiger partial charge in [0.1, 0.15) is 17.6 Å². The first kappa shape index (κ1) is 79.4.